The number of carbonyl (C=O) groups is 1. The summed E-state index contributed by atoms with van der Waals surface area (Å²) in [5, 5.41) is 3.67. The van der Waals surface area contributed by atoms with Gasteiger partial charge in [0.05, 0.1) is 19.7 Å². The third-order valence-electron chi connectivity index (χ3n) is 3.75. The molecule has 4 nitrogen and oxygen atoms in total. The van der Waals surface area contributed by atoms with Crippen molar-refractivity contribution in [2.24, 2.45) is 0 Å². The van der Waals surface area contributed by atoms with Gasteiger partial charge in [0.1, 0.15) is 5.75 Å². The van der Waals surface area contributed by atoms with Gasteiger partial charge < -0.3 is 10.1 Å². The number of benzene rings is 2. The van der Waals surface area contributed by atoms with E-state index in [1.807, 2.05) is 67.4 Å². The van der Waals surface area contributed by atoms with Crippen molar-refractivity contribution in [1.82, 2.24) is 10.2 Å². The number of likely N-dealkylation sites (N-methyl/N-ethyl adjacent to an activating group) is 1. The number of methoxy groups -OCH3 is 1. The van der Waals surface area contributed by atoms with Crippen LogP contribution in [0.2, 0.25) is 5.02 Å². The maximum atomic E-state index is 12.2. The third-order valence-corrected chi connectivity index (χ3v) is 3.99. The standard InChI is InChI=1S/C19H23ClN2O2/c1-14(16-5-4-6-17(20)11-16)21-19(23)13-22(2)12-15-7-9-18(24-3)10-8-15/h4-11,14H,12-13H2,1-3H3,(H,21,23). The summed E-state index contributed by atoms with van der Waals surface area (Å²) in [5.74, 6) is 0.813. The van der Waals surface area contributed by atoms with Gasteiger partial charge in [-0.3, -0.25) is 9.69 Å². The highest BCUT2D eigenvalue weighted by atomic mass is 35.5. The van der Waals surface area contributed by atoms with Gasteiger partial charge in [0.2, 0.25) is 5.91 Å². The van der Waals surface area contributed by atoms with E-state index in [2.05, 4.69) is 5.32 Å². The first-order valence-electron chi connectivity index (χ1n) is 7.84. The van der Waals surface area contributed by atoms with Crippen molar-refractivity contribution in [1.29, 1.82) is 0 Å². The Labute approximate surface area is 148 Å². The summed E-state index contributed by atoms with van der Waals surface area (Å²) in [6.45, 7) is 2.98. The summed E-state index contributed by atoms with van der Waals surface area (Å²) in [7, 11) is 3.57. The normalized spacial score (nSPS) is 12.0. The van der Waals surface area contributed by atoms with Crippen molar-refractivity contribution in [3.63, 3.8) is 0 Å². The van der Waals surface area contributed by atoms with E-state index in [0.717, 1.165) is 16.9 Å². The van der Waals surface area contributed by atoms with E-state index in [-0.39, 0.29) is 11.9 Å². The van der Waals surface area contributed by atoms with E-state index in [1.165, 1.54) is 0 Å². The molecule has 128 valence electrons. The van der Waals surface area contributed by atoms with Crippen LogP contribution in [0.5, 0.6) is 5.75 Å². The van der Waals surface area contributed by atoms with Crippen molar-refractivity contribution in [3.8, 4) is 5.75 Å². The zero-order valence-corrected chi connectivity index (χ0v) is 15.0. The number of ether oxygens (including phenoxy) is 1. The van der Waals surface area contributed by atoms with E-state index in [0.29, 0.717) is 18.1 Å². The largest absolute Gasteiger partial charge is 0.497 e. The highest BCUT2D eigenvalue weighted by Gasteiger charge is 2.12. The molecule has 1 amide bonds. The molecule has 2 aromatic carbocycles. The topological polar surface area (TPSA) is 41.6 Å². The summed E-state index contributed by atoms with van der Waals surface area (Å²) >= 11 is 5.99. The fourth-order valence-electron chi connectivity index (χ4n) is 2.49. The van der Waals surface area contributed by atoms with Gasteiger partial charge in [0.15, 0.2) is 0 Å². The first kappa shape index (κ1) is 18.3. The highest BCUT2D eigenvalue weighted by Crippen LogP contribution is 2.17. The molecule has 0 radical (unpaired) electrons. The zero-order chi connectivity index (χ0) is 17.5. The summed E-state index contributed by atoms with van der Waals surface area (Å²) in [6, 6.07) is 15.3. The first-order chi connectivity index (χ1) is 11.5. The maximum absolute atomic E-state index is 12.2. The number of nitrogens with zero attached hydrogens (tertiary/aromatic N) is 1. The molecule has 0 bridgehead atoms. The van der Waals surface area contributed by atoms with Gasteiger partial charge >= 0.3 is 0 Å². The van der Waals surface area contributed by atoms with Gasteiger partial charge in [-0.05, 0) is 49.4 Å². The van der Waals surface area contributed by atoms with E-state index < -0.39 is 0 Å². The van der Waals surface area contributed by atoms with Crippen molar-refractivity contribution in [2.75, 3.05) is 20.7 Å². The SMILES string of the molecule is COc1ccc(CN(C)CC(=O)NC(C)c2cccc(Cl)c2)cc1. The second-order valence-electron chi connectivity index (χ2n) is 5.86. The van der Waals surface area contributed by atoms with Crippen LogP contribution in [-0.4, -0.2) is 31.5 Å². The van der Waals surface area contributed by atoms with E-state index in [4.69, 9.17) is 16.3 Å². The van der Waals surface area contributed by atoms with Crippen molar-refractivity contribution in [3.05, 3.63) is 64.7 Å². The Morgan fingerprint density at radius 2 is 1.96 bits per heavy atom. The molecule has 0 aromatic heterocycles. The number of amides is 1. The average molecular weight is 347 g/mol. The molecule has 2 aromatic rings. The molecule has 1 N–H and O–H groups in total. The highest BCUT2D eigenvalue weighted by molar-refractivity contribution is 6.30. The fraction of sp³-hybridized carbons (Fsp3) is 0.316. The van der Waals surface area contributed by atoms with Crippen LogP contribution in [0.3, 0.4) is 0 Å². The Kier molecular flexibility index (Phi) is 6.64. The minimum Gasteiger partial charge on any atom is -0.497 e. The average Bonchev–Trinajstić information content (AvgIpc) is 2.55. The molecule has 0 fully saturated rings. The van der Waals surface area contributed by atoms with Crippen molar-refractivity contribution < 1.29 is 9.53 Å². The van der Waals surface area contributed by atoms with Gasteiger partial charge in [-0.1, -0.05) is 35.9 Å². The van der Waals surface area contributed by atoms with Crippen LogP contribution in [-0.2, 0) is 11.3 Å². The predicted octanol–water partition coefficient (Wildman–Crippen LogP) is 3.66. The van der Waals surface area contributed by atoms with Crippen LogP contribution in [0.25, 0.3) is 0 Å². The quantitative estimate of drug-likeness (QED) is 0.832. The molecule has 24 heavy (non-hydrogen) atoms. The minimum atomic E-state index is -0.0782. The molecule has 5 heteroatoms. The van der Waals surface area contributed by atoms with Crippen LogP contribution >= 0.6 is 11.6 Å². The Balaban J connectivity index is 1.84. The van der Waals surface area contributed by atoms with Crippen molar-refractivity contribution in [2.45, 2.75) is 19.5 Å². The Hall–Kier alpha value is -2.04. The Morgan fingerprint density at radius 3 is 2.58 bits per heavy atom. The number of hydrogen-bond donors (Lipinski definition) is 1. The number of carbonyl (C=O) groups excluding carboxylic acids is 1. The Bertz CT molecular complexity index is 673. The Morgan fingerprint density at radius 1 is 1.25 bits per heavy atom. The van der Waals surface area contributed by atoms with Crippen LogP contribution in [0.4, 0.5) is 0 Å². The van der Waals surface area contributed by atoms with E-state index in [1.54, 1.807) is 7.11 Å². The lowest BCUT2D eigenvalue weighted by molar-refractivity contribution is -0.122. The summed E-state index contributed by atoms with van der Waals surface area (Å²) in [6.07, 6.45) is 0. The smallest absolute Gasteiger partial charge is 0.234 e. The molecule has 0 saturated heterocycles. The number of hydrogen-bond acceptors (Lipinski definition) is 3. The molecule has 0 spiro atoms. The maximum Gasteiger partial charge on any atom is 0.234 e. The van der Waals surface area contributed by atoms with Crippen LogP contribution in [0.15, 0.2) is 48.5 Å². The molecule has 0 aliphatic carbocycles. The zero-order valence-electron chi connectivity index (χ0n) is 14.3. The van der Waals surface area contributed by atoms with Gasteiger partial charge in [-0.15, -0.1) is 0 Å². The molecule has 0 aliphatic rings. The van der Waals surface area contributed by atoms with Crippen molar-refractivity contribution >= 4 is 17.5 Å². The molecular weight excluding hydrogens is 324 g/mol. The van der Waals surface area contributed by atoms with Crippen LogP contribution in [0.1, 0.15) is 24.1 Å². The summed E-state index contributed by atoms with van der Waals surface area (Å²) in [4.78, 5) is 14.2. The summed E-state index contributed by atoms with van der Waals surface area (Å²) < 4.78 is 5.15. The van der Waals surface area contributed by atoms with Gasteiger partial charge in [0.25, 0.3) is 0 Å². The van der Waals surface area contributed by atoms with Gasteiger partial charge in [0, 0.05) is 11.6 Å². The van der Waals surface area contributed by atoms with E-state index >= 15 is 0 Å². The number of rotatable bonds is 7. The molecule has 0 heterocycles. The lowest BCUT2D eigenvalue weighted by Gasteiger charge is -2.19. The third kappa shape index (κ3) is 5.55. The predicted molar refractivity (Wildman–Crippen MR) is 97.3 cm³/mol. The molecule has 1 unspecified atom stereocenters. The second-order valence-corrected chi connectivity index (χ2v) is 6.30. The monoisotopic (exact) mass is 346 g/mol. The second kappa shape index (κ2) is 8.71. The molecule has 0 saturated carbocycles. The van der Waals surface area contributed by atoms with Gasteiger partial charge in [-0.25, -0.2) is 0 Å². The van der Waals surface area contributed by atoms with Crippen LogP contribution < -0.4 is 10.1 Å². The number of nitrogens with one attached hydrogen (secondary N) is 1. The van der Waals surface area contributed by atoms with E-state index in [9.17, 15) is 4.79 Å². The van der Waals surface area contributed by atoms with Gasteiger partial charge in [-0.2, -0.15) is 0 Å². The minimum absolute atomic E-state index is 0.0153. The molecule has 0 aliphatic heterocycles. The fourth-order valence-corrected chi connectivity index (χ4v) is 2.69. The lowest BCUT2D eigenvalue weighted by Crippen LogP contribution is -2.36. The lowest BCUT2D eigenvalue weighted by atomic mass is 10.1. The molecular formula is C19H23ClN2O2. The summed E-state index contributed by atoms with van der Waals surface area (Å²) in [5.41, 5.74) is 2.13. The number of halogens is 1. The molecule has 2 rings (SSSR count). The van der Waals surface area contributed by atoms with Crippen LogP contribution in [0, 0.1) is 0 Å². The first-order valence-corrected chi connectivity index (χ1v) is 8.22. The molecule has 1 atom stereocenters.